The summed E-state index contributed by atoms with van der Waals surface area (Å²) in [7, 11) is 0. The Hall–Kier alpha value is -2.93. The van der Waals surface area contributed by atoms with Gasteiger partial charge >= 0.3 is 0 Å². The number of amides is 2. The molecule has 1 aromatic carbocycles. The molecule has 0 spiro atoms. The lowest BCUT2D eigenvalue weighted by molar-refractivity contribution is -0.123. The number of hydrogen-bond donors (Lipinski definition) is 1. The van der Waals surface area contributed by atoms with Gasteiger partial charge in [-0.3, -0.25) is 9.59 Å². The number of para-hydroxylation sites is 2. The largest absolute Gasteiger partial charge is 0.467 e. The van der Waals surface area contributed by atoms with Crippen molar-refractivity contribution >= 4 is 29.3 Å². The zero-order chi connectivity index (χ0) is 17.9. The number of thioether (sulfide) groups is 1. The molecule has 3 heterocycles. The van der Waals surface area contributed by atoms with Gasteiger partial charge in [0.2, 0.25) is 11.8 Å². The Kier molecular flexibility index (Phi) is 4.53. The Bertz CT molecular complexity index is 933. The van der Waals surface area contributed by atoms with E-state index in [-0.39, 0.29) is 24.1 Å². The maximum Gasteiger partial charge on any atom is 0.240 e. The first-order valence-corrected chi connectivity index (χ1v) is 9.20. The Morgan fingerprint density at radius 3 is 2.77 bits per heavy atom. The number of fused-ring (bicyclic) bond motifs is 3. The summed E-state index contributed by atoms with van der Waals surface area (Å²) in [6, 6.07) is 15.1. The van der Waals surface area contributed by atoms with Crippen LogP contribution in [0.1, 0.15) is 5.76 Å². The normalized spacial score (nSPS) is 13.5. The monoisotopic (exact) mass is 367 g/mol. The summed E-state index contributed by atoms with van der Waals surface area (Å²) in [5, 5.41) is 3.80. The van der Waals surface area contributed by atoms with Crippen LogP contribution in [-0.4, -0.2) is 28.7 Å². The van der Waals surface area contributed by atoms with E-state index in [1.54, 1.807) is 23.3 Å². The first kappa shape index (κ1) is 16.5. The number of furan rings is 1. The highest BCUT2D eigenvalue weighted by Crippen LogP contribution is 2.32. The van der Waals surface area contributed by atoms with Crippen LogP contribution in [0.15, 0.2) is 70.4 Å². The van der Waals surface area contributed by atoms with E-state index in [1.807, 2.05) is 47.2 Å². The summed E-state index contributed by atoms with van der Waals surface area (Å²) in [6.07, 6.45) is 3.53. The van der Waals surface area contributed by atoms with Crippen LogP contribution >= 0.6 is 11.8 Å². The Labute approximate surface area is 154 Å². The average molecular weight is 367 g/mol. The third kappa shape index (κ3) is 3.25. The van der Waals surface area contributed by atoms with Crippen molar-refractivity contribution < 1.29 is 14.0 Å². The van der Waals surface area contributed by atoms with E-state index in [2.05, 4.69) is 5.32 Å². The molecule has 1 N–H and O–H groups in total. The van der Waals surface area contributed by atoms with E-state index >= 15 is 0 Å². The van der Waals surface area contributed by atoms with Crippen molar-refractivity contribution in [3.63, 3.8) is 0 Å². The second-order valence-electron chi connectivity index (χ2n) is 5.83. The third-order valence-electron chi connectivity index (χ3n) is 4.13. The second-order valence-corrected chi connectivity index (χ2v) is 6.83. The van der Waals surface area contributed by atoms with Crippen LogP contribution < -0.4 is 10.2 Å². The van der Waals surface area contributed by atoms with E-state index < -0.39 is 0 Å². The zero-order valence-corrected chi connectivity index (χ0v) is 14.7. The van der Waals surface area contributed by atoms with Crippen LogP contribution in [0.25, 0.3) is 5.69 Å². The standard InChI is InChI=1S/C19H17N3O3S/c23-17(20-11-14-5-4-10-25-14)12-22-16-7-2-1-6-15(16)21-9-3-8-19(21)26-13-18(22)24/h1-10H,11-13H2,(H,20,23). The van der Waals surface area contributed by atoms with Gasteiger partial charge in [-0.2, -0.15) is 0 Å². The van der Waals surface area contributed by atoms with Crippen molar-refractivity contribution in [2.45, 2.75) is 11.6 Å². The Morgan fingerprint density at radius 1 is 1.12 bits per heavy atom. The van der Waals surface area contributed by atoms with Gasteiger partial charge in [-0.05, 0) is 36.4 Å². The molecular weight excluding hydrogens is 350 g/mol. The smallest absolute Gasteiger partial charge is 0.240 e. The van der Waals surface area contributed by atoms with E-state index in [1.165, 1.54) is 11.8 Å². The number of hydrogen-bond acceptors (Lipinski definition) is 4. The highest BCUT2D eigenvalue weighted by molar-refractivity contribution is 7.99. The van der Waals surface area contributed by atoms with Gasteiger partial charge in [-0.15, -0.1) is 0 Å². The number of carbonyl (C=O) groups excluding carboxylic acids is 2. The molecular formula is C19H17N3O3S. The van der Waals surface area contributed by atoms with Crippen molar-refractivity contribution in [2.75, 3.05) is 17.2 Å². The van der Waals surface area contributed by atoms with Crippen molar-refractivity contribution in [3.8, 4) is 5.69 Å². The summed E-state index contributed by atoms with van der Waals surface area (Å²) in [6.45, 7) is 0.264. The highest BCUT2D eigenvalue weighted by Gasteiger charge is 2.25. The molecule has 0 atom stereocenters. The molecule has 26 heavy (non-hydrogen) atoms. The fourth-order valence-corrected chi connectivity index (χ4v) is 3.80. The molecule has 6 nitrogen and oxygen atoms in total. The van der Waals surface area contributed by atoms with Crippen molar-refractivity contribution in [2.24, 2.45) is 0 Å². The molecule has 0 unspecified atom stereocenters. The fourth-order valence-electron chi connectivity index (χ4n) is 2.90. The molecule has 0 aliphatic carbocycles. The van der Waals surface area contributed by atoms with E-state index in [0.29, 0.717) is 12.3 Å². The Morgan fingerprint density at radius 2 is 1.96 bits per heavy atom. The SMILES string of the molecule is O=C(CN1C(=O)CSc2cccn2-c2ccccc21)NCc1ccco1. The number of carbonyl (C=O) groups is 2. The molecule has 0 bridgehead atoms. The van der Waals surface area contributed by atoms with Crippen LogP contribution in [0.4, 0.5) is 5.69 Å². The minimum absolute atomic E-state index is 0.0340. The van der Waals surface area contributed by atoms with Gasteiger partial charge in [0.25, 0.3) is 0 Å². The lowest BCUT2D eigenvalue weighted by Gasteiger charge is -2.27. The van der Waals surface area contributed by atoms with Crippen LogP contribution in [0.5, 0.6) is 0 Å². The molecule has 0 saturated heterocycles. The minimum Gasteiger partial charge on any atom is -0.467 e. The second kappa shape index (κ2) is 7.13. The summed E-state index contributed by atoms with van der Waals surface area (Å²) in [5.74, 6) is 0.625. The minimum atomic E-state index is -0.233. The molecule has 0 radical (unpaired) electrons. The van der Waals surface area contributed by atoms with Gasteiger partial charge in [0.05, 0.1) is 35.0 Å². The average Bonchev–Trinajstić information content (AvgIpc) is 3.33. The molecule has 7 heteroatoms. The molecule has 2 aromatic heterocycles. The number of nitrogens with zero attached hydrogens (tertiary/aromatic N) is 2. The summed E-state index contributed by atoms with van der Waals surface area (Å²) < 4.78 is 7.26. The first-order valence-electron chi connectivity index (χ1n) is 8.21. The lowest BCUT2D eigenvalue weighted by atomic mass is 10.2. The van der Waals surface area contributed by atoms with Crippen molar-refractivity contribution in [3.05, 3.63) is 66.8 Å². The number of benzene rings is 1. The molecule has 132 valence electrons. The topological polar surface area (TPSA) is 67.5 Å². The molecule has 2 amide bonds. The quantitative estimate of drug-likeness (QED) is 0.770. The maximum atomic E-state index is 12.7. The molecule has 0 saturated carbocycles. The summed E-state index contributed by atoms with van der Waals surface area (Å²) >= 11 is 1.47. The molecule has 1 aliphatic rings. The Balaban J connectivity index is 1.59. The highest BCUT2D eigenvalue weighted by atomic mass is 32.2. The molecule has 1 aliphatic heterocycles. The number of rotatable bonds is 4. The van der Waals surface area contributed by atoms with Gasteiger partial charge in [0.1, 0.15) is 12.3 Å². The van der Waals surface area contributed by atoms with Gasteiger partial charge in [0, 0.05) is 6.20 Å². The van der Waals surface area contributed by atoms with Crippen LogP contribution in [0.3, 0.4) is 0 Å². The number of anilines is 1. The zero-order valence-electron chi connectivity index (χ0n) is 13.9. The maximum absolute atomic E-state index is 12.7. The number of nitrogens with one attached hydrogen (secondary N) is 1. The predicted octanol–water partition coefficient (Wildman–Crippen LogP) is 2.83. The summed E-state index contributed by atoms with van der Waals surface area (Å²) in [5.41, 5.74) is 1.61. The van der Waals surface area contributed by atoms with Crippen LogP contribution in [0, 0.1) is 0 Å². The lowest BCUT2D eigenvalue weighted by Crippen LogP contribution is -2.42. The third-order valence-corrected chi connectivity index (χ3v) is 5.15. The molecule has 3 aromatic rings. The molecule has 0 fully saturated rings. The van der Waals surface area contributed by atoms with Crippen LogP contribution in [-0.2, 0) is 16.1 Å². The van der Waals surface area contributed by atoms with Crippen LogP contribution in [0.2, 0.25) is 0 Å². The summed E-state index contributed by atoms with van der Waals surface area (Å²) in [4.78, 5) is 26.7. The van der Waals surface area contributed by atoms with E-state index in [9.17, 15) is 9.59 Å². The predicted molar refractivity (Wildman–Crippen MR) is 99.4 cm³/mol. The van der Waals surface area contributed by atoms with Gasteiger partial charge < -0.3 is 19.2 Å². The van der Waals surface area contributed by atoms with E-state index in [4.69, 9.17) is 4.42 Å². The number of aromatic nitrogens is 1. The van der Waals surface area contributed by atoms with Gasteiger partial charge in [-0.25, -0.2) is 0 Å². The fraction of sp³-hybridized carbons (Fsp3) is 0.158. The van der Waals surface area contributed by atoms with Gasteiger partial charge in [0.15, 0.2) is 0 Å². The van der Waals surface area contributed by atoms with E-state index in [0.717, 1.165) is 16.4 Å². The van der Waals surface area contributed by atoms with Gasteiger partial charge in [-0.1, -0.05) is 23.9 Å². The van der Waals surface area contributed by atoms with Crippen molar-refractivity contribution in [1.82, 2.24) is 9.88 Å². The molecule has 4 rings (SSSR count). The van der Waals surface area contributed by atoms with Crippen molar-refractivity contribution in [1.29, 1.82) is 0 Å². The first-order chi connectivity index (χ1) is 12.7.